The molecular weight excluding hydrogens is 420 g/mol. The Hall–Kier alpha value is -0.890. The van der Waals surface area contributed by atoms with Crippen LogP contribution in [0.4, 0.5) is 4.39 Å². The minimum atomic E-state index is -0.116. The highest BCUT2D eigenvalue weighted by Gasteiger charge is 2.45. The Bertz CT molecular complexity index is 521. The van der Waals surface area contributed by atoms with E-state index in [0.29, 0.717) is 6.54 Å². The smallest absolute Gasteiger partial charge is 0.191 e. The first kappa shape index (κ1) is 21.2. The molecule has 0 bridgehead atoms. The molecule has 0 aromatic heterocycles. The van der Waals surface area contributed by atoms with Crippen molar-refractivity contribution in [1.29, 1.82) is 0 Å². The zero-order valence-corrected chi connectivity index (χ0v) is 16.9. The van der Waals surface area contributed by atoms with Crippen LogP contribution in [0.15, 0.2) is 29.3 Å². The molecule has 136 valence electrons. The van der Waals surface area contributed by atoms with Gasteiger partial charge in [-0.05, 0) is 44.7 Å². The van der Waals surface area contributed by atoms with E-state index in [-0.39, 0.29) is 35.2 Å². The molecular formula is C18H29FIN3O. The molecule has 1 aliphatic carbocycles. The lowest BCUT2D eigenvalue weighted by atomic mass is 9.95. The molecule has 2 N–H and O–H groups in total. The van der Waals surface area contributed by atoms with Gasteiger partial charge < -0.3 is 15.4 Å². The average molecular weight is 449 g/mol. The van der Waals surface area contributed by atoms with E-state index in [1.807, 2.05) is 26.0 Å². The first-order chi connectivity index (χ1) is 11.2. The quantitative estimate of drug-likeness (QED) is 0.263. The fraction of sp³-hybridized carbons (Fsp3) is 0.611. The van der Waals surface area contributed by atoms with Crippen LogP contribution in [0.25, 0.3) is 0 Å². The van der Waals surface area contributed by atoms with Crippen molar-refractivity contribution in [2.24, 2.45) is 4.99 Å². The van der Waals surface area contributed by atoms with Gasteiger partial charge in [0.15, 0.2) is 5.96 Å². The Morgan fingerprint density at radius 1 is 1.25 bits per heavy atom. The van der Waals surface area contributed by atoms with Crippen molar-refractivity contribution in [2.45, 2.75) is 38.5 Å². The second-order valence-corrected chi connectivity index (χ2v) is 5.93. The molecule has 4 nitrogen and oxygen atoms in total. The monoisotopic (exact) mass is 449 g/mol. The standard InChI is InChI=1S/C18H28FN3O.HI/c1-3-20-17(21-12-7-13-23-4-2)22-14-18(10-11-18)15-8-5-6-9-16(15)19;/h5-6,8-9H,3-4,7,10-14H2,1-2H3,(H2,20,21,22);1H. The summed E-state index contributed by atoms with van der Waals surface area (Å²) in [6.07, 6.45) is 2.94. The lowest BCUT2D eigenvalue weighted by molar-refractivity contribution is 0.145. The van der Waals surface area contributed by atoms with E-state index in [2.05, 4.69) is 15.6 Å². The number of halogens is 2. The molecule has 1 aliphatic rings. The third kappa shape index (κ3) is 6.20. The minimum absolute atomic E-state index is 0. The third-order valence-corrected chi connectivity index (χ3v) is 4.14. The summed E-state index contributed by atoms with van der Waals surface area (Å²) in [7, 11) is 0. The van der Waals surface area contributed by atoms with Crippen LogP contribution in [0.5, 0.6) is 0 Å². The average Bonchev–Trinajstić information content (AvgIpc) is 3.34. The fourth-order valence-electron chi connectivity index (χ4n) is 2.65. The number of hydrogen-bond donors (Lipinski definition) is 2. The number of ether oxygens (including phenoxy) is 1. The van der Waals surface area contributed by atoms with Crippen LogP contribution in [0.2, 0.25) is 0 Å². The summed E-state index contributed by atoms with van der Waals surface area (Å²) in [5.41, 5.74) is 0.690. The molecule has 0 aliphatic heterocycles. The topological polar surface area (TPSA) is 45.7 Å². The Morgan fingerprint density at radius 3 is 2.62 bits per heavy atom. The van der Waals surface area contributed by atoms with Gasteiger partial charge in [-0.2, -0.15) is 0 Å². The van der Waals surface area contributed by atoms with E-state index in [9.17, 15) is 4.39 Å². The highest BCUT2D eigenvalue weighted by Crippen LogP contribution is 2.49. The first-order valence-electron chi connectivity index (χ1n) is 8.57. The highest BCUT2D eigenvalue weighted by molar-refractivity contribution is 14.0. The van der Waals surface area contributed by atoms with Crippen LogP contribution in [-0.2, 0) is 10.2 Å². The van der Waals surface area contributed by atoms with E-state index in [1.165, 1.54) is 6.07 Å². The van der Waals surface area contributed by atoms with Crippen LogP contribution in [0, 0.1) is 5.82 Å². The SMILES string of the molecule is CCNC(=NCC1(c2ccccc2F)CC1)NCCCOCC.I. The van der Waals surface area contributed by atoms with Gasteiger partial charge in [0.25, 0.3) is 0 Å². The molecule has 2 rings (SSSR count). The van der Waals surface area contributed by atoms with Crippen molar-refractivity contribution in [3.63, 3.8) is 0 Å². The number of rotatable bonds is 9. The number of benzene rings is 1. The number of nitrogens with zero attached hydrogens (tertiary/aromatic N) is 1. The maximum atomic E-state index is 14.0. The van der Waals surface area contributed by atoms with Crippen LogP contribution >= 0.6 is 24.0 Å². The van der Waals surface area contributed by atoms with Gasteiger partial charge in [0.05, 0.1) is 6.54 Å². The summed E-state index contributed by atoms with van der Waals surface area (Å²) in [4.78, 5) is 4.67. The van der Waals surface area contributed by atoms with Crippen molar-refractivity contribution in [2.75, 3.05) is 32.8 Å². The van der Waals surface area contributed by atoms with Gasteiger partial charge in [-0.1, -0.05) is 18.2 Å². The van der Waals surface area contributed by atoms with Gasteiger partial charge in [0, 0.05) is 31.7 Å². The van der Waals surface area contributed by atoms with Crippen LogP contribution < -0.4 is 10.6 Å². The predicted molar refractivity (Wildman–Crippen MR) is 108 cm³/mol. The molecule has 0 heterocycles. The van der Waals surface area contributed by atoms with E-state index in [0.717, 1.165) is 57.1 Å². The van der Waals surface area contributed by atoms with E-state index < -0.39 is 0 Å². The van der Waals surface area contributed by atoms with Gasteiger partial charge in [-0.3, -0.25) is 4.99 Å². The lowest BCUT2D eigenvalue weighted by Crippen LogP contribution is -2.38. The fourth-order valence-corrected chi connectivity index (χ4v) is 2.65. The maximum absolute atomic E-state index is 14.0. The van der Waals surface area contributed by atoms with Crippen molar-refractivity contribution in [3.05, 3.63) is 35.6 Å². The van der Waals surface area contributed by atoms with Gasteiger partial charge in [-0.15, -0.1) is 24.0 Å². The minimum Gasteiger partial charge on any atom is -0.382 e. The predicted octanol–water partition coefficient (Wildman–Crippen LogP) is 3.46. The zero-order valence-electron chi connectivity index (χ0n) is 14.6. The number of aliphatic imine (C=N–C) groups is 1. The van der Waals surface area contributed by atoms with Crippen LogP contribution in [-0.4, -0.2) is 38.8 Å². The largest absolute Gasteiger partial charge is 0.382 e. The second-order valence-electron chi connectivity index (χ2n) is 5.93. The first-order valence-corrected chi connectivity index (χ1v) is 8.57. The summed E-state index contributed by atoms with van der Waals surface area (Å²) < 4.78 is 19.4. The molecule has 24 heavy (non-hydrogen) atoms. The molecule has 1 saturated carbocycles. The Labute approximate surface area is 161 Å². The summed E-state index contributed by atoms with van der Waals surface area (Å²) in [6, 6.07) is 7.07. The van der Waals surface area contributed by atoms with Crippen LogP contribution in [0.3, 0.4) is 0 Å². The summed E-state index contributed by atoms with van der Waals surface area (Å²) in [5.74, 6) is 0.682. The van der Waals surface area contributed by atoms with Crippen LogP contribution in [0.1, 0.15) is 38.7 Å². The Balaban J connectivity index is 0.00000288. The normalized spacial score (nSPS) is 15.5. The second kappa shape index (κ2) is 10.9. The lowest BCUT2D eigenvalue weighted by Gasteiger charge is -2.16. The van der Waals surface area contributed by atoms with E-state index in [1.54, 1.807) is 6.07 Å². The third-order valence-electron chi connectivity index (χ3n) is 4.14. The van der Waals surface area contributed by atoms with Crippen molar-refractivity contribution >= 4 is 29.9 Å². The van der Waals surface area contributed by atoms with Crippen molar-refractivity contribution < 1.29 is 9.13 Å². The molecule has 0 atom stereocenters. The van der Waals surface area contributed by atoms with Gasteiger partial charge >= 0.3 is 0 Å². The summed E-state index contributed by atoms with van der Waals surface area (Å²) >= 11 is 0. The zero-order chi connectivity index (χ0) is 16.5. The van der Waals surface area contributed by atoms with Crippen molar-refractivity contribution in [3.8, 4) is 0 Å². The molecule has 0 radical (unpaired) electrons. The molecule has 1 aromatic carbocycles. The van der Waals surface area contributed by atoms with E-state index in [4.69, 9.17) is 4.74 Å². The summed E-state index contributed by atoms with van der Waals surface area (Å²) in [5, 5.41) is 6.56. The van der Waals surface area contributed by atoms with Gasteiger partial charge in [-0.25, -0.2) is 4.39 Å². The van der Waals surface area contributed by atoms with Crippen molar-refractivity contribution in [1.82, 2.24) is 10.6 Å². The summed E-state index contributed by atoms with van der Waals surface area (Å²) in [6.45, 7) is 7.79. The van der Waals surface area contributed by atoms with Gasteiger partial charge in [0.2, 0.25) is 0 Å². The number of guanidine groups is 1. The number of nitrogens with one attached hydrogen (secondary N) is 2. The molecule has 0 spiro atoms. The molecule has 1 fully saturated rings. The van der Waals surface area contributed by atoms with E-state index >= 15 is 0 Å². The molecule has 0 unspecified atom stereocenters. The van der Waals surface area contributed by atoms with Gasteiger partial charge in [0.1, 0.15) is 5.82 Å². The molecule has 1 aromatic rings. The highest BCUT2D eigenvalue weighted by atomic mass is 127. The maximum Gasteiger partial charge on any atom is 0.191 e. The molecule has 6 heteroatoms. The Kier molecular flexibility index (Phi) is 9.58. The molecule has 0 amide bonds. The molecule has 0 saturated heterocycles. The Morgan fingerprint density at radius 2 is 2.00 bits per heavy atom. The number of hydrogen-bond acceptors (Lipinski definition) is 2.